The number of aryl methyl sites for hydroxylation is 2. The Kier molecular flexibility index (Phi) is 13.5. The monoisotopic (exact) mass is 528 g/mol. The van der Waals surface area contributed by atoms with E-state index in [1.165, 1.54) is 26.7 Å². The first-order chi connectivity index (χ1) is 18.4. The van der Waals surface area contributed by atoms with Gasteiger partial charge in [0.25, 0.3) is 0 Å². The van der Waals surface area contributed by atoms with Gasteiger partial charge in [-0.1, -0.05) is 65.2 Å². The maximum Gasteiger partial charge on any atom is 0.347 e. The first-order valence-electron chi connectivity index (χ1n) is 13.8. The number of hydrogen-bond donors (Lipinski definition) is 1. The van der Waals surface area contributed by atoms with Crippen molar-refractivity contribution in [1.82, 2.24) is 0 Å². The quantitative estimate of drug-likeness (QED) is 0.121. The number of unbranched alkanes of at least 4 members (excludes halogenated alkanes) is 8. The summed E-state index contributed by atoms with van der Waals surface area (Å²) in [6.07, 6.45) is 12.0. The third kappa shape index (κ3) is 8.96. The Morgan fingerprint density at radius 2 is 1.11 bits per heavy atom. The third-order valence-corrected chi connectivity index (χ3v) is 6.72. The van der Waals surface area contributed by atoms with Gasteiger partial charge in [0.2, 0.25) is 0 Å². The summed E-state index contributed by atoms with van der Waals surface area (Å²) in [5.74, 6) is -0.225. The molecule has 0 radical (unpaired) electrons. The zero-order valence-electron chi connectivity index (χ0n) is 23.7. The van der Waals surface area contributed by atoms with Crippen LogP contribution in [-0.4, -0.2) is 38.4 Å². The molecule has 0 aliphatic heterocycles. The summed E-state index contributed by atoms with van der Waals surface area (Å²) in [7, 11) is 4.51. The smallest absolute Gasteiger partial charge is 0.347 e. The van der Waals surface area contributed by atoms with Gasteiger partial charge in [-0.3, -0.25) is 0 Å². The second-order valence-electron chi connectivity index (χ2n) is 9.55. The predicted molar refractivity (Wildman–Crippen MR) is 149 cm³/mol. The maximum absolute atomic E-state index is 13.5. The topological polar surface area (TPSA) is 91.3 Å². The molecular formula is C31H44O7. The van der Waals surface area contributed by atoms with E-state index in [1.807, 2.05) is 6.07 Å². The molecule has 7 heteroatoms. The number of carboxylic acid groups (broad SMARTS) is 1. The van der Waals surface area contributed by atoms with Crippen molar-refractivity contribution in [3.63, 3.8) is 0 Å². The van der Waals surface area contributed by atoms with E-state index >= 15 is 0 Å². The number of esters is 1. The molecule has 2 rings (SSSR count). The van der Waals surface area contributed by atoms with Gasteiger partial charge in [-0.05, 0) is 48.9 Å². The van der Waals surface area contributed by atoms with Crippen LogP contribution in [0, 0.1) is 0 Å². The van der Waals surface area contributed by atoms with Gasteiger partial charge >= 0.3 is 11.9 Å². The molecule has 1 N–H and O–H groups in total. The molecule has 0 spiro atoms. The van der Waals surface area contributed by atoms with Crippen LogP contribution in [0.15, 0.2) is 24.3 Å². The number of ether oxygens (including phenoxy) is 4. The predicted octanol–water partition coefficient (Wildman–Crippen LogP) is 7.66. The maximum atomic E-state index is 13.5. The molecule has 210 valence electrons. The Bertz CT molecular complexity index is 1050. The number of rotatable bonds is 18. The minimum absolute atomic E-state index is 0.109. The van der Waals surface area contributed by atoms with E-state index in [-0.39, 0.29) is 17.1 Å². The average molecular weight is 529 g/mol. The van der Waals surface area contributed by atoms with Gasteiger partial charge < -0.3 is 24.1 Å². The first kappa shape index (κ1) is 31.0. The molecule has 0 aliphatic rings. The van der Waals surface area contributed by atoms with Crippen LogP contribution < -0.4 is 18.9 Å². The van der Waals surface area contributed by atoms with E-state index < -0.39 is 11.9 Å². The lowest BCUT2D eigenvalue weighted by molar-refractivity contribution is 0.0691. The fourth-order valence-corrected chi connectivity index (χ4v) is 4.65. The molecule has 2 aromatic rings. The van der Waals surface area contributed by atoms with Crippen molar-refractivity contribution in [1.29, 1.82) is 0 Å². The Hall–Kier alpha value is -3.22. The average Bonchev–Trinajstić information content (AvgIpc) is 2.91. The van der Waals surface area contributed by atoms with E-state index in [9.17, 15) is 14.7 Å². The minimum atomic E-state index is -1.06. The van der Waals surface area contributed by atoms with Gasteiger partial charge in [-0.2, -0.15) is 0 Å². The number of benzene rings is 2. The van der Waals surface area contributed by atoms with Gasteiger partial charge in [0.15, 0.2) is 0 Å². The molecule has 7 nitrogen and oxygen atoms in total. The van der Waals surface area contributed by atoms with Crippen molar-refractivity contribution in [2.45, 2.75) is 90.9 Å². The lowest BCUT2D eigenvalue weighted by Crippen LogP contribution is -2.15. The van der Waals surface area contributed by atoms with Crippen LogP contribution in [-0.2, 0) is 12.8 Å². The van der Waals surface area contributed by atoms with Gasteiger partial charge in [0.1, 0.15) is 34.1 Å². The van der Waals surface area contributed by atoms with E-state index in [0.29, 0.717) is 35.5 Å². The molecular weight excluding hydrogens is 484 g/mol. The molecule has 0 saturated carbocycles. The molecule has 0 heterocycles. The number of hydrogen-bond acceptors (Lipinski definition) is 6. The zero-order valence-corrected chi connectivity index (χ0v) is 23.7. The summed E-state index contributed by atoms with van der Waals surface area (Å²) < 4.78 is 22.2. The standard InChI is InChI=1S/C31H44O7/c1-6-8-10-12-14-16-22-19-25(21-26(36-4)28(22)30(32)33)38-31(34)29-23(17-15-13-11-9-7-2)18-24(35-3)20-27(29)37-5/h18-21H,6-17H2,1-5H3,(H,32,33). The number of carbonyl (C=O) groups excluding carboxylic acids is 1. The van der Waals surface area contributed by atoms with Crippen LogP contribution in [0.4, 0.5) is 0 Å². The zero-order chi connectivity index (χ0) is 27.9. The molecule has 0 atom stereocenters. The fourth-order valence-electron chi connectivity index (χ4n) is 4.65. The summed E-state index contributed by atoms with van der Waals surface area (Å²) in [4.78, 5) is 25.5. The van der Waals surface area contributed by atoms with Crippen LogP contribution in [0.1, 0.15) is 110 Å². The second-order valence-corrected chi connectivity index (χ2v) is 9.55. The van der Waals surface area contributed by atoms with Crippen LogP contribution >= 0.6 is 0 Å². The summed E-state index contributed by atoms with van der Waals surface area (Å²) in [5.41, 5.74) is 1.85. The van der Waals surface area contributed by atoms with Crippen LogP contribution in [0.2, 0.25) is 0 Å². The highest BCUT2D eigenvalue weighted by Crippen LogP contribution is 2.34. The lowest BCUT2D eigenvalue weighted by Gasteiger charge is -2.17. The Balaban J connectivity index is 2.37. The summed E-state index contributed by atoms with van der Waals surface area (Å²) in [5, 5.41) is 9.84. The van der Waals surface area contributed by atoms with Crippen molar-refractivity contribution in [3.05, 3.63) is 46.5 Å². The van der Waals surface area contributed by atoms with Gasteiger partial charge in [-0.15, -0.1) is 0 Å². The van der Waals surface area contributed by atoms with Crippen molar-refractivity contribution >= 4 is 11.9 Å². The lowest BCUT2D eigenvalue weighted by atomic mass is 9.98. The third-order valence-electron chi connectivity index (χ3n) is 6.72. The van der Waals surface area contributed by atoms with Crippen molar-refractivity contribution in [2.75, 3.05) is 21.3 Å². The molecule has 0 amide bonds. The molecule has 38 heavy (non-hydrogen) atoms. The summed E-state index contributed by atoms with van der Waals surface area (Å²) >= 11 is 0. The number of carbonyl (C=O) groups is 2. The van der Waals surface area contributed by atoms with Gasteiger partial charge in [0, 0.05) is 12.1 Å². The first-order valence-corrected chi connectivity index (χ1v) is 13.8. The van der Waals surface area contributed by atoms with Gasteiger partial charge in [0.05, 0.1) is 21.3 Å². The largest absolute Gasteiger partial charge is 0.497 e. The molecule has 0 bridgehead atoms. The number of methoxy groups -OCH3 is 3. The van der Waals surface area contributed by atoms with E-state index in [2.05, 4.69) is 13.8 Å². The highest BCUT2D eigenvalue weighted by Gasteiger charge is 2.24. The SMILES string of the molecule is CCCCCCCc1cc(OC(=O)c2c(CCCCCCC)cc(OC)cc2OC)cc(OC)c1C(=O)O. The highest BCUT2D eigenvalue weighted by atomic mass is 16.5. The fraction of sp³-hybridized carbons (Fsp3) is 0.548. The molecule has 0 aliphatic carbocycles. The molecule has 0 unspecified atom stereocenters. The Labute approximate surface area is 227 Å². The molecule has 0 fully saturated rings. The van der Waals surface area contributed by atoms with Crippen molar-refractivity contribution in [2.24, 2.45) is 0 Å². The highest BCUT2D eigenvalue weighted by molar-refractivity contribution is 5.97. The minimum Gasteiger partial charge on any atom is -0.497 e. The van der Waals surface area contributed by atoms with Crippen LogP contribution in [0.25, 0.3) is 0 Å². The summed E-state index contributed by atoms with van der Waals surface area (Å²) in [6, 6.07) is 6.63. The van der Waals surface area contributed by atoms with Gasteiger partial charge in [-0.25, -0.2) is 9.59 Å². The second kappa shape index (κ2) is 16.6. The van der Waals surface area contributed by atoms with E-state index in [0.717, 1.165) is 63.4 Å². The molecule has 2 aromatic carbocycles. The van der Waals surface area contributed by atoms with E-state index in [1.54, 1.807) is 19.2 Å². The van der Waals surface area contributed by atoms with E-state index in [4.69, 9.17) is 18.9 Å². The molecule has 0 aromatic heterocycles. The van der Waals surface area contributed by atoms with Crippen LogP contribution in [0.5, 0.6) is 23.0 Å². The van der Waals surface area contributed by atoms with Crippen molar-refractivity contribution in [3.8, 4) is 23.0 Å². The van der Waals surface area contributed by atoms with Crippen molar-refractivity contribution < 1.29 is 33.6 Å². The molecule has 0 saturated heterocycles. The number of aromatic carboxylic acids is 1. The number of carboxylic acids is 1. The normalized spacial score (nSPS) is 10.8. The Morgan fingerprint density at radius 1 is 0.632 bits per heavy atom. The van der Waals surface area contributed by atoms with Crippen LogP contribution in [0.3, 0.4) is 0 Å². The summed E-state index contributed by atoms with van der Waals surface area (Å²) in [6.45, 7) is 4.33. The Morgan fingerprint density at radius 3 is 1.61 bits per heavy atom.